The van der Waals surface area contributed by atoms with Crippen molar-refractivity contribution in [3.05, 3.63) is 69.1 Å². The molecule has 1 saturated heterocycles. The van der Waals surface area contributed by atoms with Crippen molar-refractivity contribution in [1.29, 1.82) is 0 Å². The SMILES string of the molecule is CC1=CC(C)(C)N(C(C)C)c2cc(C)c(/C=C3\SC(=O)N(CC(=O)Nc4ccc(C)c(C)c4)C3=O)cc21. The van der Waals surface area contributed by atoms with Gasteiger partial charge in [0.1, 0.15) is 6.54 Å². The van der Waals surface area contributed by atoms with Gasteiger partial charge in [0.15, 0.2) is 0 Å². The molecule has 3 amide bonds. The van der Waals surface area contributed by atoms with Gasteiger partial charge in [-0.1, -0.05) is 12.1 Å². The lowest BCUT2D eigenvalue weighted by Gasteiger charge is -2.46. The second-order valence-corrected chi connectivity index (χ2v) is 11.8. The summed E-state index contributed by atoms with van der Waals surface area (Å²) < 4.78 is 0. The van der Waals surface area contributed by atoms with Crippen LogP contribution in [0.25, 0.3) is 11.6 Å². The number of anilines is 2. The number of amides is 3. The third-order valence-electron chi connectivity index (χ3n) is 7.03. The van der Waals surface area contributed by atoms with Gasteiger partial charge in [-0.2, -0.15) is 0 Å². The van der Waals surface area contributed by atoms with Crippen molar-refractivity contribution in [3.63, 3.8) is 0 Å². The number of allylic oxidation sites excluding steroid dienone is 1. The zero-order valence-electron chi connectivity index (χ0n) is 22.9. The molecule has 6 nitrogen and oxygen atoms in total. The fraction of sp³-hybridized carbons (Fsp3) is 0.367. The number of hydrogen-bond acceptors (Lipinski definition) is 5. The lowest BCUT2D eigenvalue weighted by Crippen LogP contribution is -2.49. The number of carbonyl (C=O) groups excluding carboxylic acids is 3. The van der Waals surface area contributed by atoms with E-state index in [0.717, 1.165) is 44.5 Å². The first-order valence-corrected chi connectivity index (χ1v) is 13.4. The standard InChI is InChI=1S/C30H35N3O3S/c1-17(2)33-25-12-20(5)22(13-24(25)21(6)15-30(33,7)8)14-26-28(35)32(29(36)37-26)16-27(34)31-23-10-9-18(3)19(4)11-23/h9-15,17H,16H2,1-8H3,(H,31,34)/b26-14-. The van der Waals surface area contributed by atoms with E-state index in [9.17, 15) is 14.4 Å². The van der Waals surface area contributed by atoms with Crippen molar-refractivity contribution in [2.45, 2.75) is 67.0 Å². The first-order valence-electron chi connectivity index (χ1n) is 12.5. The van der Waals surface area contributed by atoms with Gasteiger partial charge >= 0.3 is 0 Å². The molecular formula is C30H35N3O3S. The van der Waals surface area contributed by atoms with E-state index >= 15 is 0 Å². The molecule has 2 aliphatic heterocycles. The summed E-state index contributed by atoms with van der Waals surface area (Å²) in [6.07, 6.45) is 4.05. The molecule has 2 aromatic rings. The van der Waals surface area contributed by atoms with Gasteiger partial charge in [-0.15, -0.1) is 0 Å². The highest BCUT2D eigenvalue weighted by molar-refractivity contribution is 8.18. The van der Waals surface area contributed by atoms with Crippen molar-refractivity contribution in [1.82, 2.24) is 4.90 Å². The summed E-state index contributed by atoms with van der Waals surface area (Å²) in [4.78, 5) is 42.1. The first kappa shape index (κ1) is 26.7. The predicted octanol–water partition coefficient (Wildman–Crippen LogP) is 6.70. The van der Waals surface area contributed by atoms with E-state index < -0.39 is 17.1 Å². The number of benzene rings is 2. The number of nitrogens with one attached hydrogen (secondary N) is 1. The number of aryl methyl sites for hydroxylation is 3. The number of carbonyl (C=O) groups is 3. The molecule has 0 unspecified atom stereocenters. The molecule has 0 atom stereocenters. The first-order chi connectivity index (χ1) is 17.3. The summed E-state index contributed by atoms with van der Waals surface area (Å²) in [5.74, 6) is -0.853. The molecule has 0 spiro atoms. The second kappa shape index (κ2) is 9.86. The van der Waals surface area contributed by atoms with E-state index in [0.29, 0.717) is 16.6 Å². The van der Waals surface area contributed by atoms with Crippen LogP contribution in [-0.2, 0) is 9.59 Å². The van der Waals surface area contributed by atoms with Gasteiger partial charge in [0, 0.05) is 23.0 Å². The Kier molecular flexibility index (Phi) is 7.12. The van der Waals surface area contributed by atoms with Crippen LogP contribution in [0.1, 0.15) is 62.4 Å². The number of hydrogen-bond donors (Lipinski definition) is 1. The van der Waals surface area contributed by atoms with Gasteiger partial charge in [0.05, 0.1) is 10.4 Å². The molecule has 4 rings (SSSR count). The Labute approximate surface area is 223 Å². The molecular weight excluding hydrogens is 482 g/mol. The van der Waals surface area contributed by atoms with Crippen LogP contribution in [0.3, 0.4) is 0 Å². The maximum atomic E-state index is 13.1. The highest BCUT2D eigenvalue weighted by Gasteiger charge is 2.37. The number of nitrogens with zero attached hydrogens (tertiary/aromatic N) is 2. The van der Waals surface area contributed by atoms with Crippen LogP contribution < -0.4 is 10.2 Å². The minimum Gasteiger partial charge on any atom is -0.360 e. The normalized spacial score (nSPS) is 18.0. The lowest BCUT2D eigenvalue weighted by molar-refractivity contribution is -0.127. The molecule has 2 aliphatic rings. The van der Waals surface area contributed by atoms with Gasteiger partial charge in [-0.3, -0.25) is 19.3 Å². The van der Waals surface area contributed by atoms with Gasteiger partial charge in [-0.05, 0) is 125 Å². The number of imide groups is 1. The minimum absolute atomic E-state index is 0.111. The fourth-order valence-electron chi connectivity index (χ4n) is 5.25. The summed E-state index contributed by atoms with van der Waals surface area (Å²) in [6, 6.07) is 10.2. The van der Waals surface area contributed by atoms with E-state index in [1.807, 2.05) is 39.0 Å². The molecule has 2 aromatic carbocycles. The Morgan fingerprint density at radius 2 is 1.73 bits per heavy atom. The monoisotopic (exact) mass is 517 g/mol. The molecule has 0 aromatic heterocycles. The van der Waals surface area contributed by atoms with Gasteiger partial charge in [-0.25, -0.2) is 0 Å². The average Bonchev–Trinajstić information content (AvgIpc) is 3.03. The minimum atomic E-state index is -0.445. The quantitative estimate of drug-likeness (QED) is 0.447. The van der Waals surface area contributed by atoms with E-state index in [4.69, 9.17) is 0 Å². The van der Waals surface area contributed by atoms with Gasteiger partial charge in [0.25, 0.3) is 11.1 Å². The Balaban J connectivity index is 1.57. The maximum Gasteiger partial charge on any atom is 0.294 e. The van der Waals surface area contributed by atoms with Gasteiger partial charge < -0.3 is 10.2 Å². The van der Waals surface area contributed by atoms with E-state index in [1.165, 1.54) is 11.3 Å². The molecule has 0 bridgehead atoms. The number of thioether (sulfide) groups is 1. The smallest absolute Gasteiger partial charge is 0.294 e. The van der Waals surface area contributed by atoms with Crippen LogP contribution in [0, 0.1) is 20.8 Å². The Bertz CT molecular complexity index is 1370. The molecule has 0 saturated carbocycles. The Hall–Kier alpha value is -3.32. The van der Waals surface area contributed by atoms with Crippen LogP contribution in [0.4, 0.5) is 16.2 Å². The average molecular weight is 518 g/mol. The molecule has 0 aliphatic carbocycles. The van der Waals surface area contributed by atoms with Crippen LogP contribution in [0.15, 0.2) is 41.3 Å². The maximum absolute atomic E-state index is 13.1. The second-order valence-electron chi connectivity index (χ2n) is 10.8. The summed E-state index contributed by atoms with van der Waals surface area (Å²) in [5.41, 5.74) is 8.09. The number of rotatable bonds is 5. The molecule has 1 N–H and O–H groups in total. The Morgan fingerprint density at radius 3 is 2.38 bits per heavy atom. The molecule has 1 fully saturated rings. The van der Waals surface area contributed by atoms with Crippen LogP contribution in [0.5, 0.6) is 0 Å². The fourth-order valence-corrected chi connectivity index (χ4v) is 6.08. The number of fused-ring (bicyclic) bond motifs is 1. The van der Waals surface area contributed by atoms with Crippen LogP contribution in [0.2, 0.25) is 0 Å². The highest BCUT2D eigenvalue weighted by Crippen LogP contribution is 2.42. The van der Waals surface area contributed by atoms with Crippen molar-refractivity contribution in [2.24, 2.45) is 0 Å². The summed E-state index contributed by atoms with van der Waals surface area (Å²) in [6.45, 7) is 16.6. The van der Waals surface area contributed by atoms with E-state index in [1.54, 1.807) is 6.08 Å². The summed E-state index contributed by atoms with van der Waals surface area (Å²) >= 11 is 0.875. The topological polar surface area (TPSA) is 69.7 Å². The highest BCUT2D eigenvalue weighted by atomic mass is 32.2. The largest absolute Gasteiger partial charge is 0.360 e. The summed E-state index contributed by atoms with van der Waals surface area (Å²) in [7, 11) is 0. The Morgan fingerprint density at radius 1 is 1.03 bits per heavy atom. The third-order valence-corrected chi connectivity index (χ3v) is 7.94. The zero-order valence-corrected chi connectivity index (χ0v) is 23.7. The molecule has 2 heterocycles. The molecule has 0 radical (unpaired) electrons. The van der Waals surface area contributed by atoms with Crippen molar-refractivity contribution in [3.8, 4) is 0 Å². The molecule has 7 heteroatoms. The van der Waals surface area contributed by atoms with Crippen LogP contribution in [-0.4, -0.2) is 40.1 Å². The predicted molar refractivity (Wildman–Crippen MR) is 154 cm³/mol. The van der Waals surface area contributed by atoms with Crippen molar-refractivity contribution >= 4 is 51.8 Å². The molecule has 194 valence electrons. The van der Waals surface area contributed by atoms with E-state index in [2.05, 4.69) is 63.0 Å². The third kappa shape index (κ3) is 5.23. The lowest BCUT2D eigenvalue weighted by atomic mass is 9.86. The van der Waals surface area contributed by atoms with Gasteiger partial charge in [0.2, 0.25) is 5.91 Å². The summed E-state index contributed by atoms with van der Waals surface area (Å²) in [5, 5.41) is 2.35. The zero-order chi connectivity index (χ0) is 27.2. The molecule has 37 heavy (non-hydrogen) atoms. The van der Waals surface area contributed by atoms with Crippen LogP contribution >= 0.6 is 11.8 Å². The van der Waals surface area contributed by atoms with E-state index in [-0.39, 0.29) is 12.1 Å². The van der Waals surface area contributed by atoms with Crippen molar-refractivity contribution in [2.75, 3.05) is 16.8 Å². The van der Waals surface area contributed by atoms with Crippen molar-refractivity contribution < 1.29 is 14.4 Å².